The molecule has 3 N–H and O–H groups in total. The molecule has 2 aromatic rings. The van der Waals surface area contributed by atoms with Crippen LogP contribution in [-0.2, 0) is 0 Å². The fourth-order valence-corrected chi connectivity index (χ4v) is 4.46. The lowest BCUT2D eigenvalue weighted by atomic mass is 9.72. The SMILES string of the molecule is COc1ccc(-c2onc(N3CC(O)CC4(CCNCC4)C3)c2C(=O)O)cc1. The van der Waals surface area contributed by atoms with Crippen LogP contribution in [0.4, 0.5) is 5.82 Å². The highest BCUT2D eigenvalue weighted by Crippen LogP contribution is 2.41. The minimum absolute atomic E-state index is 0.0298. The van der Waals surface area contributed by atoms with Crippen molar-refractivity contribution in [3.63, 3.8) is 0 Å². The predicted octanol–water partition coefficient (Wildman–Crippen LogP) is 1.99. The van der Waals surface area contributed by atoms with Crippen LogP contribution in [-0.4, -0.2) is 60.7 Å². The Hall–Kier alpha value is -2.58. The first kappa shape index (κ1) is 18.8. The average molecular weight is 387 g/mol. The van der Waals surface area contributed by atoms with Gasteiger partial charge in [-0.15, -0.1) is 0 Å². The van der Waals surface area contributed by atoms with E-state index in [0.29, 0.717) is 24.4 Å². The van der Waals surface area contributed by atoms with Crippen molar-refractivity contribution in [1.29, 1.82) is 0 Å². The van der Waals surface area contributed by atoms with E-state index in [1.807, 2.05) is 4.90 Å². The second-order valence-corrected chi connectivity index (χ2v) is 7.73. The lowest BCUT2D eigenvalue weighted by Crippen LogP contribution is -2.53. The van der Waals surface area contributed by atoms with Crippen LogP contribution < -0.4 is 15.0 Å². The van der Waals surface area contributed by atoms with Crippen molar-refractivity contribution in [1.82, 2.24) is 10.5 Å². The van der Waals surface area contributed by atoms with Crippen LogP contribution in [0.1, 0.15) is 29.6 Å². The summed E-state index contributed by atoms with van der Waals surface area (Å²) in [7, 11) is 1.57. The third-order valence-corrected chi connectivity index (χ3v) is 5.83. The molecule has 2 saturated heterocycles. The number of ether oxygens (including phenoxy) is 1. The first-order valence-electron chi connectivity index (χ1n) is 9.52. The molecule has 1 unspecified atom stereocenters. The number of piperidine rings is 2. The molecule has 0 aliphatic carbocycles. The third kappa shape index (κ3) is 3.45. The first-order chi connectivity index (χ1) is 13.5. The topological polar surface area (TPSA) is 108 Å². The Balaban J connectivity index is 1.69. The van der Waals surface area contributed by atoms with Crippen molar-refractivity contribution in [2.24, 2.45) is 5.41 Å². The van der Waals surface area contributed by atoms with E-state index in [2.05, 4.69) is 10.5 Å². The molecule has 2 aliphatic rings. The number of aromatic carboxylic acids is 1. The van der Waals surface area contributed by atoms with E-state index in [4.69, 9.17) is 9.26 Å². The zero-order valence-electron chi connectivity index (χ0n) is 15.9. The van der Waals surface area contributed by atoms with Gasteiger partial charge < -0.3 is 29.7 Å². The molecular weight excluding hydrogens is 362 g/mol. The molecule has 1 atom stereocenters. The molecule has 0 bridgehead atoms. The number of aliphatic hydroxyl groups is 1. The minimum atomic E-state index is -1.10. The summed E-state index contributed by atoms with van der Waals surface area (Å²) in [5.41, 5.74) is 0.618. The van der Waals surface area contributed by atoms with E-state index < -0.39 is 12.1 Å². The van der Waals surface area contributed by atoms with E-state index in [-0.39, 0.29) is 22.6 Å². The summed E-state index contributed by atoms with van der Waals surface area (Å²) in [6, 6.07) is 6.99. The summed E-state index contributed by atoms with van der Waals surface area (Å²) in [4.78, 5) is 13.9. The van der Waals surface area contributed by atoms with Crippen molar-refractivity contribution in [2.45, 2.75) is 25.4 Å². The number of nitrogens with zero attached hydrogens (tertiary/aromatic N) is 2. The molecule has 0 saturated carbocycles. The largest absolute Gasteiger partial charge is 0.497 e. The molecule has 0 radical (unpaired) electrons. The van der Waals surface area contributed by atoms with Gasteiger partial charge in [0.2, 0.25) is 0 Å². The number of hydrogen-bond donors (Lipinski definition) is 3. The van der Waals surface area contributed by atoms with Crippen molar-refractivity contribution in [2.75, 3.05) is 38.2 Å². The van der Waals surface area contributed by atoms with E-state index in [0.717, 1.165) is 32.4 Å². The monoisotopic (exact) mass is 387 g/mol. The molecule has 4 rings (SSSR count). The number of carboxylic acid groups (broad SMARTS) is 1. The van der Waals surface area contributed by atoms with Crippen molar-refractivity contribution in [3.05, 3.63) is 29.8 Å². The van der Waals surface area contributed by atoms with Gasteiger partial charge in [0.25, 0.3) is 0 Å². The summed E-state index contributed by atoms with van der Waals surface area (Å²) in [5, 5.41) is 27.8. The van der Waals surface area contributed by atoms with Gasteiger partial charge in [0.1, 0.15) is 5.75 Å². The van der Waals surface area contributed by atoms with Crippen LogP contribution in [0.25, 0.3) is 11.3 Å². The Morgan fingerprint density at radius 3 is 2.68 bits per heavy atom. The van der Waals surface area contributed by atoms with Gasteiger partial charge in [0.15, 0.2) is 17.1 Å². The van der Waals surface area contributed by atoms with E-state index in [1.54, 1.807) is 31.4 Å². The van der Waals surface area contributed by atoms with E-state index in [9.17, 15) is 15.0 Å². The van der Waals surface area contributed by atoms with Gasteiger partial charge in [-0.1, -0.05) is 5.16 Å². The number of β-amino-alcohol motifs (C(OH)–C–C–N with tert-alkyl or cyclic N) is 1. The van der Waals surface area contributed by atoms with E-state index >= 15 is 0 Å². The van der Waals surface area contributed by atoms with Gasteiger partial charge in [-0.25, -0.2) is 4.79 Å². The first-order valence-corrected chi connectivity index (χ1v) is 9.52. The number of carbonyl (C=O) groups is 1. The van der Waals surface area contributed by atoms with Gasteiger partial charge in [-0.05, 0) is 62.0 Å². The van der Waals surface area contributed by atoms with Crippen LogP contribution in [0.15, 0.2) is 28.8 Å². The maximum absolute atomic E-state index is 12.1. The number of rotatable bonds is 4. The van der Waals surface area contributed by atoms with Crippen LogP contribution in [0.2, 0.25) is 0 Å². The highest BCUT2D eigenvalue weighted by molar-refractivity contribution is 5.99. The lowest BCUT2D eigenvalue weighted by Gasteiger charge is -2.47. The second kappa shape index (κ2) is 7.44. The Bertz CT molecular complexity index is 842. The quantitative estimate of drug-likeness (QED) is 0.731. The van der Waals surface area contributed by atoms with Crippen molar-refractivity contribution < 1.29 is 24.3 Å². The average Bonchev–Trinajstić information content (AvgIpc) is 3.13. The normalized spacial score (nSPS) is 21.6. The molecule has 0 amide bonds. The van der Waals surface area contributed by atoms with E-state index in [1.165, 1.54) is 0 Å². The number of benzene rings is 1. The molecule has 2 aliphatic heterocycles. The van der Waals surface area contributed by atoms with Crippen LogP contribution in [0.3, 0.4) is 0 Å². The Kier molecular flexibility index (Phi) is 4.99. The highest BCUT2D eigenvalue weighted by atomic mass is 16.5. The summed E-state index contributed by atoms with van der Waals surface area (Å²) in [5.74, 6) is 0.0772. The van der Waals surface area contributed by atoms with Gasteiger partial charge in [-0.3, -0.25) is 0 Å². The number of aliphatic hydroxyl groups excluding tert-OH is 1. The number of aromatic nitrogens is 1. The van der Waals surface area contributed by atoms with Crippen LogP contribution >= 0.6 is 0 Å². The van der Waals surface area contributed by atoms with Crippen molar-refractivity contribution in [3.8, 4) is 17.1 Å². The highest BCUT2D eigenvalue weighted by Gasteiger charge is 2.42. The molecule has 3 heterocycles. The van der Waals surface area contributed by atoms with Crippen molar-refractivity contribution >= 4 is 11.8 Å². The summed E-state index contributed by atoms with van der Waals surface area (Å²) < 4.78 is 10.6. The van der Waals surface area contributed by atoms with Gasteiger partial charge in [-0.2, -0.15) is 0 Å². The molecule has 1 spiro atoms. The fourth-order valence-electron chi connectivity index (χ4n) is 4.46. The lowest BCUT2D eigenvalue weighted by molar-refractivity contribution is 0.0546. The number of nitrogens with one attached hydrogen (secondary N) is 1. The summed E-state index contributed by atoms with van der Waals surface area (Å²) >= 11 is 0. The Morgan fingerprint density at radius 2 is 2.04 bits per heavy atom. The number of anilines is 1. The second-order valence-electron chi connectivity index (χ2n) is 7.73. The molecule has 1 aromatic carbocycles. The maximum Gasteiger partial charge on any atom is 0.343 e. The van der Waals surface area contributed by atoms with Crippen LogP contribution in [0.5, 0.6) is 5.75 Å². The zero-order valence-corrected chi connectivity index (χ0v) is 15.9. The van der Waals surface area contributed by atoms with Gasteiger partial charge in [0, 0.05) is 18.7 Å². The molecule has 8 nitrogen and oxygen atoms in total. The molecular formula is C20H25N3O5. The molecule has 8 heteroatoms. The number of methoxy groups -OCH3 is 1. The predicted molar refractivity (Wildman–Crippen MR) is 103 cm³/mol. The standard InChI is InChI=1S/C20H25N3O5/c1-27-15-4-2-13(3-5-15)17-16(19(25)26)18(22-28-17)23-11-14(24)10-20(12-23)6-8-21-9-7-20/h2-5,14,21,24H,6-12H2,1H3,(H,25,26). The minimum Gasteiger partial charge on any atom is -0.497 e. The van der Waals surface area contributed by atoms with Gasteiger partial charge in [0.05, 0.1) is 13.2 Å². The Labute approximate surface area is 163 Å². The summed E-state index contributed by atoms with van der Waals surface area (Å²) in [6.07, 6.45) is 2.12. The Morgan fingerprint density at radius 1 is 1.32 bits per heavy atom. The fraction of sp³-hybridized carbons (Fsp3) is 0.500. The molecule has 2 fully saturated rings. The number of hydrogen-bond acceptors (Lipinski definition) is 7. The van der Waals surface area contributed by atoms with Gasteiger partial charge >= 0.3 is 5.97 Å². The summed E-state index contributed by atoms with van der Waals surface area (Å²) in [6.45, 7) is 2.83. The molecule has 28 heavy (non-hydrogen) atoms. The molecule has 150 valence electrons. The zero-order chi connectivity index (χ0) is 19.7. The smallest absolute Gasteiger partial charge is 0.343 e. The number of carboxylic acids is 1. The molecule has 1 aromatic heterocycles. The van der Waals surface area contributed by atoms with Crippen LogP contribution in [0, 0.1) is 5.41 Å². The third-order valence-electron chi connectivity index (χ3n) is 5.83. The maximum atomic E-state index is 12.1.